The summed E-state index contributed by atoms with van der Waals surface area (Å²) in [5.41, 5.74) is 2.50. The van der Waals surface area contributed by atoms with E-state index in [0.29, 0.717) is 12.5 Å². The lowest BCUT2D eigenvalue weighted by molar-refractivity contribution is -0.121. The van der Waals surface area contributed by atoms with Crippen molar-refractivity contribution in [2.75, 3.05) is 19.6 Å². The second-order valence-corrected chi connectivity index (χ2v) is 5.71. The second-order valence-electron chi connectivity index (χ2n) is 5.71. The van der Waals surface area contributed by atoms with E-state index >= 15 is 0 Å². The van der Waals surface area contributed by atoms with Crippen LogP contribution < -0.4 is 5.32 Å². The normalized spacial score (nSPS) is 19.2. The summed E-state index contributed by atoms with van der Waals surface area (Å²) in [5.74, 6) is 0.175. The molecule has 1 fully saturated rings. The van der Waals surface area contributed by atoms with Crippen molar-refractivity contribution in [3.8, 4) is 0 Å². The number of benzene rings is 1. The van der Waals surface area contributed by atoms with Gasteiger partial charge in [0.1, 0.15) is 0 Å². The van der Waals surface area contributed by atoms with Crippen molar-refractivity contribution in [2.45, 2.75) is 45.6 Å². The fraction of sp³-hybridized carbons (Fsp3) is 0.588. The van der Waals surface area contributed by atoms with Gasteiger partial charge >= 0.3 is 0 Å². The zero-order chi connectivity index (χ0) is 14.4. The molecule has 1 aliphatic rings. The highest BCUT2D eigenvalue weighted by Crippen LogP contribution is 2.15. The highest BCUT2D eigenvalue weighted by Gasteiger charge is 2.22. The molecule has 1 aromatic rings. The highest BCUT2D eigenvalue weighted by atomic mass is 16.1. The van der Waals surface area contributed by atoms with Gasteiger partial charge in [0, 0.05) is 19.0 Å². The molecular formula is C17H26N2O. The minimum Gasteiger partial charge on any atom is -0.355 e. The highest BCUT2D eigenvalue weighted by molar-refractivity contribution is 5.76. The van der Waals surface area contributed by atoms with E-state index in [1.807, 2.05) is 0 Å². The molecule has 110 valence electrons. The number of amides is 1. The zero-order valence-electron chi connectivity index (χ0n) is 12.7. The fourth-order valence-corrected chi connectivity index (χ4v) is 2.88. The molecule has 1 atom stereocenters. The average molecular weight is 274 g/mol. The lowest BCUT2D eigenvalue weighted by Crippen LogP contribution is -2.40. The predicted octanol–water partition coefficient (Wildman–Crippen LogP) is 2.53. The summed E-state index contributed by atoms with van der Waals surface area (Å²) < 4.78 is 0. The number of carbonyl (C=O) groups is 1. The van der Waals surface area contributed by atoms with Gasteiger partial charge in [-0.2, -0.15) is 0 Å². The van der Waals surface area contributed by atoms with Gasteiger partial charge in [-0.15, -0.1) is 0 Å². The van der Waals surface area contributed by atoms with Crippen molar-refractivity contribution in [3.63, 3.8) is 0 Å². The summed E-state index contributed by atoms with van der Waals surface area (Å²) in [5, 5.41) is 3.09. The number of rotatable bonds is 6. The predicted molar refractivity (Wildman–Crippen MR) is 82.8 cm³/mol. The molecular weight excluding hydrogens is 248 g/mol. The van der Waals surface area contributed by atoms with Gasteiger partial charge in [-0.25, -0.2) is 0 Å². The number of aryl methyl sites for hydroxylation is 2. The van der Waals surface area contributed by atoms with E-state index in [0.717, 1.165) is 19.5 Å². The molecule has 0 aromatic heterocycles. The van der Waals surface area contributed by atoms with Crippen molar-refractivity contribution in [3.05, 3.63) is 35.4 Å². The van der Waals surface area contributed by atoms with E-state index in [4.69, 9.17) is 0 Å². The summed E-state index contributed by atoms with van der Waals surface area (Å²) in [6.45, 7) is 7.35. The van der Waals surface area contributed by atoms with Gasteiger partial charge in [0.15, 0.2) is 0 Å². The summed E-state index contributed by atoms with van der Waals surface area (Å²) in [7, 11) is 0. The molecule has 0 spiro atoms. The van der Waals surface area contributed by atoms with Crippen molar-refractivity contribution in [2.24, 2.45) is 0 Å². The number of carbonyl (C=O) groups excluding carboxylic acids is 1. The standard InChI is InChI=1S/C17H26N2O/c1-3-19-12-4-5-16(19)13-18-17(20)11-10-15-8-6-14(2)7-9-15/h6-9,16H,3-5,10-13H2,1-2H3,(H,18,20). The molecule has 1 amide bonds. The molecule has 0 aliphatic carbocycles. The molecule has 1 aliphatic heterocycles. The molecule has 1 saturated heterocycles. The smallest absolute Gasteiger partial charge is 0.220 e. The van der Waals surface area contributed by atoms with Crippen molar-refractivity contribution < 1.29 is 4.79 Å². The van der Waals surface area contributed by atoms with Crippen LogP contribution >= 0.6 is 0 Å². The third-order valence-electron chi connectivity index (χ3n) is 4.20. The molecule has 20 heavy (non-hydrogen) atoms. The number of likely N-dealkylation sites (tertiary alicyclic amines) is 1. The fourth-order valence-electron chi connectivity index (χ4n) is 2.88. The Balaban J connectivity index is 1.69. The lowest BCUT2D eigenvalue weighted by Gasteiger charge is -2.22. The minimum absolute atomic E-state index is 0.175. The van der Waals surface area contributed by atoms with E-state index in [-0.39, 0.29) is 5.91 Å². The summed E-state index contributed by atoms with van der Waals surface area (Å²) >= 11 is 0. The molecule has 2 rings (SSSR count). The molecule has 1 unspecified atom stereocenters. The van der Waals surface area contributed by atoms with Gasteiger partial charge in [0.2, 0.25) is 5.91 Å². The SMILES string of the molecule is CCN1CCCC1CNC(=O)CCc1ccc(C)cc1. The topological polar surface area (TPSA) is 32.3 Å². The van der Waals surface area contributed by atoms with Crippen LogP contribution in [0.25, 0.3) is 0 Å². The van der Waals surface area contributed by atoms with Gasteiger partial charge in [-0.05, 0) is 44.8 Å². The molecule has 3 heteroatoms. The lowest BCUT2D eigenvalue weighted by atomic mass is 10.1. The molecule has 1 aromatic carbocycles. The van der Waals surface area contributed by atoms with Gasteiger partial charge in [0.25, 0.3) is 0 Å². The Kier molecular flexibility index (Phi) is 5.60. The van der Waals surface area contributed by atoms with Crippen LogP contribution in [-0.4, -0.2) is 36.5 Å². The first-order chi connectivity index (χ1) is 9.69. The van der Waals surface area contributed by atoms with Crippen LogP contribution in [0.4, 0.5) is 0 Å². The Hall–Kier alpha value is -1.35. The number of nitrogens with one attached hydrogen (secondary N) is 1. The molecule has 1 heterocycles. The summed E-state index contributed by atoms with van der Waals surface area (Å²) in [6.07, 6.45) is 3.89. The van der Waals surface area contributed by atoms with Gasteiger partial charge in [0.05, 0.1) is 0 Å². The van der Waals surface area contributed by atoms with Gasteiger partial charge < -0.3 is 5.32 Å². The van der Waals surface area contributed by atoms with Crippen LogP contribution in [0, 0.1) is 6.92 Å². The van der Waals surface area contributed by atoms with Crippen LogP contribution in [0.3, 0.4) is 0 Å². The Labute approximate surface area is 122 Å². The second kappa shape index (κ2) is 7.44. The van der Waals surface area contributed by atoms with Crippen LogP contribution in [0.15, 0.2) is 24.3 Å². The van der Waals surface area contributed by atoms with E-state index < -0.39 is 0 Å². The first kappa shape index (κ1) is 15.0. The average Bonchev–Trinajstić information content (AvgIpc) is 2.92. The Morgan fingerprint density at radius 2 is 2.10 bits per heavy atom. The zero-order valence-corrected chi connectivity index (χ0v) is 12.7. The van der Waals surface area contributed by atoms with Crippen LogP contribution in [-0.2, 0) is 11.2 Å². The molecule has 3 nitrogen and oxygen atoms in total. The molecule has 0 radical (unpaired) electrons. The summed E-state index contributed by atoms with van der Waals surface area (Å²) in [6, 6.07) is 8.97. The van der Waals surface area contributed by atoms with Crippen molar-refractivity contribution >= 4 is 5.91 Å². The molecule has 1 N–H and O–H groups in total. The van der Waals surface area contributed by atoms with E-state index in [1.165, 1.54) is 30.5 Å². The first-order valence-electron chi connectivity index (χ1n) is 7.75. The maximum absolute atomic E-state index is 11.9. The Morgan fingerprint density at radius 1 is 1.35 bits per heavy atom. The van der Waals surface area contributed by atoms with Crippen LogP contribution in [0.2, 0.25) is 0 Å². The maximum atomic E-state index is 11.9. The number of hydrogen-bond donors (Lipinski definition) is 1. The Morgan fingerprint density at radius 3 is 2.80 bits per heavy atom. The number of likely N-dealkylation sites (N-methyl/N-ethyl adjacent to an activating group) is 1. The number of hydrogen-bond acceptors (Lipinski definition) is 2. The third kappa shape index (κ3) is 4.34. The maximum Gasteiger partial charge on any atom is 0.220 e. The third-order valence-corrected chi connectivity index (χ3v) is 4.20. The van der Waals surface area contributed by atoms with Gasteiger partial charge in [-0.3, -0.25) is 9.69 Å². The van der Waals surface area contributed by atoms with Crippen molar-refractivity contribution in [1.29, 1.82) is 0 Å². The van der Waals surface area contributed by atoms with Crippen LogP contribution in [0.5, 0.6) is 0 Å². The molecule has 0 saturated carbocycles. The Bertz CT molecular complexity index is 427. The number of nitrogens with zero attached hydrogens (tertiary/aromatic N) is 1. The quantitative estimate of drug-likeness (QED) is 0.864. The van der Waals surface area contributed by atoms with E-state index in [9.17, 15) is 4.79 Å². The first-order valence-corrected chi connectivity index (χ1v) is 7.75. The molecule has 0 bridgehead atoms. The minimum atomic E-state index is 0.175. The van der Waals surface area contributed by atoms with Crippen LogP contribution in [0.1, 0.15) is 37.3 Å². The van der Waals surface area contributed by atoms with E-state index in [2.05, 4.69) is 48.3 Å². The summed E-state index contributed by atoms with van der Waals surface area (Å²) in [4.78, 5) is 14.4. The largest absolute Gasteiger partial charge is 0.355 e. The van der Waals surface area contributed by atoms with Gasteiger partial charge in [-0.1, -0.05) is 36.8 Å². The monoisotopic (exact) mass is 274 g/mol. The van der Waals surface area contributed by atoms with E-state index in [1.54, 1.807) is 0 Å². The van der Waals surface area contributed by atoms with Crippen molar-refractivity contribution in [1.82, 2.24) is 10.2 Å².